The molecule has 4 nitrogen and oxygen atoms in total. The Kier molecular flexibility index (Phi) is 7.45. The summed E-state index contributed by atoms with van der Waals surface area (Å²) in [4.78, 5) is 42.8. The van der Waals surface area contributed by atoms with E-state index in [4.69, 9.17) is 11.6 Å². The van der Waals surface area contributed by atoms with Gasteiger partial charge in [0.15, 0.2) is 11.6 Å². The van der Waals surface area contributed by atoms with E-state index in [1.807, 2.05) is 11.4 Å². The number of pyridine rings is 1. The first-order valence-electron chi connectivity index (χ1n) is 10.9. The van der Waals surface area contributed by atoms with Gasteiger partial charge in [0.05, 0.1) is 8.81 Å². The number of ketones is 3. The van der Waals surface area contributed by atoms with Crippen LogP contribution in [0.5, 0.6) is 0 Å². The predicted molar refractivity (Wildman–Crippen MR) is 135 cm³/mol. The number of halogens is 3. The predicted octanol–water partition coefficient (Wildman–Crippen LogP) is 6.82. The van der Waals surface area contributed by atoms with Crippen molar-refractivity contribution < 1.29 is 18.8 Å². The summed E-state index contributed by atoms with van der Waals surface area (Å²) in [7, 11) is 0. The summed E-state index contributed by atoms with van der Waals surface area (Å²) in [6.45, 7) is 3.61. The van der Waals surface area contributed by atoms with E-state index in [2.05, 4.69) is 20.9 Å². The molecule has 0 amide bonds. The first-order chi connectivity index (χ1) is 16.2. The van der Waals surface area contributed by atoms with Crippen molar-refractivity contribution in [2.45, 2.75) is 45.4 Å². The SMILES string of the molecule is Cc1cc(-c2ncc(Cl)cc2F)cc(C)c1C1C(=O)CC(CC(=O)CCc2ccsc2Br)C1=O. The minimum absolute atomic E-state index is 0.0158. The van der Waals surface area contributed by atoms with Crippen molar-refractivity contribution in [3.8, 4) is 11.3 Å². The van der Waals surface area contributed by atoms with Crippen molar-refractivity contribution >= 4 is 56.2 Å². The second-order valence-electron chi connectivity index (χ2n) is 8.67. The van der Waals surface area contributed by atoms with E-state index in [0.29, 0.717) is 35.1 Å². The molecule has 0 spiro atoms. The smallest absolute Gasteiger partial charge is 0.151 e. The molecule has 0 N–H and O–H groups in total. The topological polar surface area (TPSA) is 64.1 Å². The fraction of sp³-hybridized carbons (Fsp3) is 0.308. The molecule has 2 atom stereocenters. The first kappa shape index (κ1) is 24.9. The number of thiophene rings is 1. The van der Waals surface area contributed by atoms with Crippen molar-refractivity contribution in [3.05, 3.63) is 72.7 Å². The van der Waals surface area contributed by atoms with Crippen molar-refractivity contribution in [1.82, 2.24) is 4.98 Å². The number of rotatable bonds is 7. The maximum absolute atomic E-state index is 14.4. The second kappa shape index (κ2) is 10.2. The lowest BCUT2D eigenvalue weighted by molar-refractivity contribution is -0.127. The highest BCUT2D eigenvalue weighted by atomic mass is 79.9. The monoisotopic (exact) mass is 561 g/mol. The molecule has 176 valence electrons. The van der Waals surface area contributed by atoms with Gasteiger partial charge in [-0.1, -0.05) is 11.6 Å². The van der Waals surface area contributed by atoms with Gasteiger partial charge in [-0.25, -0.2) is 4.39 Å². The molecule has 34 heavy (non-hydrogen) atoms. The zero-order valence-electron chi connectivity index (χ0n) is 18.7. The van der Waals surface area contributed by atoms with Crippen LogP contribution in [0, 0.1) is 25.6 Å². The Bertz CT molecular complexity index is 1280. The summed E-state index contributed by atoms with van der Waals surface area (Å²) in [5.74, 6) is -2.41. The number of benzene rings is 1. The average molecular weight is 563 g/mol. The van der Waals surface area contributed by atoms with E-state index in [1.54, 1.807) is 37.3 Å². The largest absolute Gasteiger partial charge is 0.300 e. The molecule has 4 rings (SSSR count). The van der Waals surface area contributed by atoms with Gasteiger partial charge in [-0.2, -0.15) is 0 Å². The fourth-order valence-electron chi connectivity index (χ4n) is 4.68. The Labute approximate surface area is 214 Å². The van der Waals surface area contributed by atoms with Crippen LogP contribution in [-0.2, 0) is 20.8 Å². The summed E-state index contributed by atoms with van der Waals surface area (Å²) >= 11 is 10.9. The van der Waals surface area contributed by atoms with Gasteiger partial charge in [0.1, 0.15) is 23.2 Å². The highest BCUT2D eigenvalue weighted by Gasteiger charge is 2.43. The highest BCUT2D eigenvalue weighted by molar-refractivity contribution is 9.11. The molecule has 3 aromatic rings. The van der Waals surface area contributed by atoms with Gasteiger partial charge < -0.3 is 0 Å². The molecule has 1 aromatic carbocycles. The average Bonchev–Trinajstić information content (AvgIpc) is 3.29. The van der Waals surface area contributed by atoms with Crippen LogP contribution in [0.3, 0.4) is 0 Å². The van der Waals surface area contributed by atoms with Gasteiger partial charge in [-0.3, -0.25) is 19.4 Å². The molecule has 2 heterocycles. The zero-order valence-corrected chi connectivity index (χ0v) is 21.8. The summed E-state index contributed by atoms with van der Waals surface area (Å²) in [6.07, 6.45) is 2.48. The molecule has 8 heteroatoms. The number of carbonyl (C=O) groups is 3. The molecular weight excluding hydrogens is 541 g/mol. The van der Waals surface area contributed by atoms with E-state index in [9.17, 15) is 18.8 Å². The molecular formula is C26H22BrClFNO3S. The zero-order chi connectivity index (χ0) is 24.6. The van der Waals surface area contributed by atoms with Crippen molar-refractivity contribution in [2.24, 2.45) is 5.92 Å². The van der Waals surface area contributed by atoms with Crippen LogP contribution in [0.2, 0.25) is 5.02 Å². The van der Waals surface area contributed by atoms with E-state index < -0.39 is 17.7 Å². The van der Waals surface area contributed by atoms with Crippen LogP contribution in [0.25, 0.3) is 11.3 Å². The number of Topliss-reactive ketones (excluding diaryl/α,β-unsaturated/α-hetero) is 3. The van der Waals surface area contributed by atoms with E-state index in [0.717, 1.165) is 9.35 Å². The Hall–Kier alpha value is -2.22. The van der Waals surface area contributed by atoms with Gasteiger partial charge >= 0.3 is 0 Å². The van der Waals surface area contributed by atoms with Gasteiger partial charge in [0.2, 0.25) is 0 Å². The van der Waals surface area contributed by atoms with Gasteiger partial charge in [0.25, 0.3) is 0 Å². The number of aryl methyl sites for hydroxylation is 3. The summed E-state index contributed by atoms with van der Waals surface area (Å²) < 4.78 is 15.4. The molecule has 2 aromatic heterocycles. The molecule has 1 saturated carbocycles. The Morgan fingerprint density at radius 3 is 2.56 bits per heavy atom. The number of hydrogen-bond donors (Lipinski definition) is 0. The Morgan fingerprint density at radius 2 is 1.94 bits per heavy atom. The van der Waals surface area contributed by atoms with Crippen molar-refractivity contribution in [3.63, 3.8) is 0 Å². The maximum Gasteiger partial charge on any atom is 0.151 e. The molecule has 1 aliphatic carbocycles. The molecule has 1 aliphatic rings. The number of nitrogens with zero attached hydrogens (tertiary/aromatic N) is 1. The van der Waals surface area contributed by atoms with E-state index >= 15 is 0 Å². The third-order valence-electron chi connectivity index (χ3n) is 6.26. The normalized spacial score (nSPS) is 18.0. The molecule has 0 radical (unpaired) electrons. The van der Waals surface area contributed by atoms with Gasteiger partial charge in [0, 0.05) is 36.9 Å². The van der Waals surface area contributed by atoms with Crippen LogP contribution in [0.4, 0.5) is 4.39 Å². The first-order valence-corrected chi connectivity index (χ1v) is 12.9. The maximum atomic E-state index is 14.4. The van der Waals surface area contributed by atoms with Gasteiger partial charge in [-0.15, -0.1) is 11.3 Å². The van der Waals surface area contributed by atoms with Crippen LogP contribution in [0.15, 0.2) is 39.6 Å². The molecule has 2 unspecified atom stereocenters. The Morgan fingerprint density at radius 1 is 1.24 bits per heavy atom. The van der Waals surface area contributed by atoms with Crippen LogP contribution >= 0.6 is 38.9 Å². The third kappa shape index (κ3) is 5.07. The van der Waals surface area contributed by atoms with Crippen molar-refractivity contribution in [2.75, 3.05) is 0 Å². The minimum Gasteiger partial charge on any atom is -0.300 e. The standard InChI is InChI=1S/C26H22BrClFNO3S/c1-13-7-16(24-20(29)11-18(28)12-30-24)8-14(2)22(13)23-21(32)10-17(25(23)33)9-19(31)4-3-15-5-6-34-26(15)27/h5-8,11-12,17,23H,3-4,9-10H2,1-2H3. The third-order valence-corrected chi connectivity index (χ3v) is 8.28. The summed E-state index contributed by atoms with van der Waals surface area (Å²) in [5.41, 5.74) is 3.86. The molecule has 0 bridgehead atoms. The highest BCUT2D eigenvalue weighted by Crippen LogP contribution is 2.39. The quantitative estimate of drug-likeness (QED) is 0.297. The van der Waals surface area contributed by atoms with Crippen LogP contribution < -0.4 is 0 Å². The van der Waals surface area contributed by atoms with E-state index in [1.165, 1.54) is 12.3 Å². The lowest BCUT2D eigenvalue weighted by atomic mass is 9.85. The molecule has 0 aliphatic heterocycles. The lowest BCUT2D eigenvalue weighted by Gasteiger charge is -2.17. The summed E-state index contributed by atoms with van der Waals surface area (Å²) in [6, 6.07) is 6.65. The van der Waals surface area contributed by atoms with Crippen molar-refractivity contribution in [1.29, 1.82) is 0 Å². The Balaban J connectivity index is 1.51. The van der Waals surface area contributed by atoms with Gasteiger partial charge in [-0.05, 0) is 88.1 Å². The number of carbonyl (C=O) groups excluding carboxylic acids is 3. The van der Waals surface area contributed by atoms with E-state index in [-0.39, 0.29) is 40.9 Å². The summed E-state index contributed by atoms with van der Waals surface area (Å²) in [5, 5.41) is 2.16. The number of hydrogen-bond acceptors (Lipinski definition) is 5. The lowest BCUT2D eigenvalue weighted by Crippen LogP contribution is -2.19. The molecule has 1 fully saturated rings. The van der Waals surface area contributed by atoms with Crippen LogP contribution in [-0.4, -0.2) is 22.3 Å². The molecule has 0 saturated heterocycles. The van der Waals surface area contributed by atoms with Crippen LogP contribution in [0.1, 0.15) is 47.4 Å². The second-order valence-corrected chi connectivity index (χ2v) is 11.3. The number of aromatic nitrogens is 1. The fourth-order valence-corrected chi connectivity index (χ4v) is 6.15. The minimum atomic E-state index is -0.888.